The topological polar surface area (TPSA) is 248 Å². The monoisotopic (exact) mass is 505 g/mol. The van der Waals surface area contributed by atoms with Crippen LogP contribution in [0.2, 0.25) is 0 Å². The second-order valence-electron chi connectivity index (χ2n) is 6.13. The second kappa shape index (κ2) is 8.90. The zero-order valence-corrected chi connectivity index (χ0v) is 18.2. The molecule has 0 amide bonds. The fraction of sp³-hybridized carbons (Fsp3) is 0.545. The summed E-state index contributed by atoms with van der Waals surface area (Å²) in [5.74, 6) is 0.153. The Hall–Kier alpha value is -1.32. The van der Waals surface area contributed by atoms with E-state index in [0.717, 1.165) is 0 Å². The number of nitrogen functional groups attached to an aromatic ring is 1. The molecule has 0 aromatic carbocycles. The van der Waals surface area contributed by atoms with E-state index in [9.17, 15) is 23.5 Å². The van der Waals surface area contributed by atoms with Gasteiger partial charge in [-0.3, -0.25) is 9.09 Å². The standard InChI is InChI=1S/C11H18N5O12P3/c1-24-7-2-6(3-25-30(20,21)28-31(22,23)27-29(17,18)19)26-11(7)16-5-15-8-9(12)13-4-14-10(8)16/h4-7,11H,2-3H2,1H3,(H,20,21)(H,22,23)(H2,12,13,14)(H2,17,18,19). The van der Waals surface area contributed by atoms with Gasteiger partial charge in [-0.1, -0.05) is 0 Å². The molecule has 174 valence electrons. The van der Waals surface area contributed by atoms with E-state index in [-0.39, 0.29) is 12.2 Å². The van der Waals surface area contributed by atoms with Crippen LogP contribution in [0.3, 0.4) is 0 Å². The number of hydrogen-bond acceptors (Lipinski definition) is 12. The molecule has 5 unspecified atom stereocenters. The molecule has 0 radical (unpaired) electrons. The lowest BCUT2D eigenvalue weighted by Gasteiger charge is -2.19. The molecule has 17 nitrogen and oxygen atoms in total. The highest BCUT2D eigenvalue weighted by Gasteiger charge is 2.43. The third-order valence-electron chi connectivity index (χ3n) is 3.95. The van der Waals surface area contributed by atoms with Crippen LogP contribution in [-0.2, 0) is 36.3 Å². The molecule has 0 aliphatic carbocycles. The van der Waals surface area contributed by atoms with E-state index in [4.69, 9.17) is 25.0 Å². The van der Waals surface area contributed by atoms with Gasteiger partial charge in [0.1, 0.15) is 17.9 Å². The summed E-state index contributed by atoms with van der Waals surface area (Å²) >= 11 is 0. The number of nitrogens with zero attached hydrogens (tertiary/aromatic N) is 4. The third-order valence-corrected chi connectivity index (χ3v) is 7.75. The maximum absolute atomic E-state index is 11.9. The molecule has 31 heavy (non-hydrogen) atoms. The number of fused-ring (bicyclic) bond motifs is 1. The molecule has 3 heterocycles. The summed E-state index contributed by atoms with van der Waals surface area (Å²) in [4.78, 5) is 47.8. The van der Waals surface area contributed by atoms with Crippen LogP contribution in [0.5, 0.6) is 0 Å². The van der Waals surface area contributed by atoms with Crippen LogP contribution >= 0.6 is 23.5 Å². The number of aromatic nitrogens is 4. The first-order chi connectivity index (χ1) is 14.3. The van der Waals surface area contributed by atoms with E-state index in [1.165, 1.54) is 24.3 Å². The van der Waals surface area contributed by atoms with Crippen LogP contribution in [0.1, 0.15) is 12.6 Å². The molecular formula is C11H18N5O12P3. The van der Waals surface area contributed by atoms with Gasteiger partial charge in [-0.2, -0.15) is 8.62 Å². The number of phosphoric ester groups is 1. The predicted molar refractivity (Wildman–Crippen MR) is 98.9 cm³/mol. The van der Waals surface area contributed by atoms with Gasteiger partial charge in [-0.25, -0.2) is 28.6 Å². The molecular weight excluding hydrogens is 487 g/mol. The number of imidazole rings is 1. The Morgan fingerprint density at radius 2 is 1.87 bits per heavy atom. The Kier molecular flexibility index (Phi) is 6.99. The van der Waals surface area contributed by atoms with E-state index < -0.39 is 48.5 Å². The Bertz CT molecular complexity index is 1090. The van der Waals surface area contributed by atoms with Crippen molar-refractivity contribution in [1.29, 1.82) is 0 Å². The van der Waals surface area contributed by atoms with Crippen LogP contribution < -0.4 is 5.73 Å². The predicted octanol–water partition coefficient (Wildman–Crippen LogP) is 0.0543. The van der Waals surface area contributed by atoms with Crippen molar-refractivity contribution in [3.63, 3.8) is 0 Å². The maximum atomic E-state index is 11.9. The van der Waals surface area contributed by atoms with Crippen molar-refractivity contribution in [3.8, 4) is 0 Å². The van der Waals surface area contributed by atoms with E-state index >= 15 is 0 Å². The normalized spacial score (nSPS) is 26.0. The number of anilines is 1. The molecule has 2 aromatic heterocycles. The van der Waals surface area contributed by atoms with Gasteiger partial charge in [-0.05, 0) is 0 Å². The lowest BCUT2D eigenvalue weighted by Crippen LogP contribution is -2.21. The van der Waals surface area contributed by atoms with Crippen LogP contribution in [-0.4, -0.2) is 65.0 Å². The Balaban J connectivity index is 1.67. The summed E-state index contributed by atoms with van der Waals surface area (Å²) in [7, 11) is -14.9. The minimum Gasteiger partial charge on any atom is -0.382 e. The molecule has 0 spiro atoms. The lowest BCUT2D eigenvalue weighted by molar-refractivity contribution is -0.0577. The molecule has 5 atom stereocenters. The minimum atomic E-state index is -5.60. The Labute approximate surface area is 173 Å². The van der Waals surface area contributed by atoms with Gasteiger partial charge in [0.15, 0.2) is 17.7 Å². The van der Waals surface area contributed by atoms with Crippen molar-refractivity contribution in [2.24, 2.45) is 0 Å². The van der Waals surface area contributed by atoms with Crippen molar-refractivity contribution in [2.45, 2.75) is 24.9 Å². The average molecular weight is 505 g/mol. The first-order valence-corrected chi connectivity index (χ1v) is 12.7. The summed E-state index contributed by atoms with van der Waals surface area (Å²) in [5.41, 5.74) is 6.44. The Morgan fingerprint density at radius 1 is 1.16 bits per heavy atom. The van der Waals surface area contributed by atoms with Crippen molar-refractivity contribution in [1.82, 2.24) is 19.5 Å². The quantitative estimate of drug-likeness (QED) is 0.282. The number of phosphoric acid groups is 3. The molecule has 2 aromatic rings. The number of rotatable bonds is 9. The zero-order valence-electron chi connectivity index (χ0n) is 15.6. The van der Waals surface area contributed by atoms with E-state index in [2.05, 4.69) is 28.1 Å². The second-order valence-corrected chi connectivity index (χ2v) is 10.5. The third kappa shape index (κ3) is 6.14. The highest BCUT2D eigenvalue weighted by Crippen LogP contribution is 2.66. The van der Waals surface area contributed by atoms with Gasteiger partial charge < -0.3 is 34.8 Å². The minimum absolute atomic E-state index is 0.153. The van der Waals surface area contributed by atoms with E-state index in [0.29, 0.717) is 11.2 Å². The molecule has 1 aliphatic heterocycles. The van der Waals surface area contributed by atoms with E-state index in [1.54, 1.807) is 0 Å². The number of hydrogen-bond donors (Lipinski definition) is 5. The van der Waals surface area contributed by atoms with Crippen LogP contribution in [0.15, 0.2) is 12.7 Å². The summed E-state index contributed by atoms with van der Waals surface area (Å²) in [6.45, 7) is -0.607. The smallest absolute Gasteiger partial charge is 0.382 e. The molecule has 20 heteroatoms. The lowest BCUT2D eigenvalue weighted by atomic mass is 10.2. The molecule has 1 fully saturated rings. The number of ether oxygens (including phenoxy) is 2. The van der Waals surface area contributed by atoms with Crippen LogP contribution in [0.4, 0.5) is 5.82 Å². The number of methoxy groups -OCH3 is 1. The van der Waals surface area contributed by atoms with Gasteiger partial charge in [0.2, 0.25) is 0 Å². The first kappa shape index (κ1) is 24.3. The SMILES string of the molecule is COC1CC(COP(=O)(O)OP(=O)(O)OP(=O)(O)O)OC1n1cnc2c(N)ncnc21. The molecule has 1 saturated heterocycles. The first-order valence-electron chi connectivity index (χ1n) is 8.20. The summed E-state index contributed by atoms with van der Waals surface area (Å²) in [6, 6.07) is 0. The zero-order chi connectivity index (χ0) is 23.0. The molecule has 3 rings (SSSR count). The van der Waals surface area contributed by atoms with Crippen molar-refractivity contribution in [2.75, 3.05) is 19.5 Å². The van der Waals surface area contributed by atoms with Crippen molar-refractivity contribution >= 4 is 40.4 Å². The van der Waals surface area contributed by atoms with Crippen LogP contribution in [0.25, 0.3) is 11.2 Å². The van der Waals surface area contributed by atoms with E-state index in [1.807, 2.05) is 0 Å². The van der Waals surface area contributed by atoms with Gasteiger partial charge in [0, 0.05) is 13.5 Å². The average Bonchev–Trinajstić information content (AvgIpc) is 3.21. The molecule has 0 saturated carbocycles. The fourth-order valence-electron chi connectivity index (χ4n) is 2.82. The van der Waals surface area contributed by atoms with Gasteiger partial charge >= 0.3 is 23.5 Å². The van der Waals surface area contributed by atoms with Crippen LogP contribution in [0, 0.1) is 0 Å². The fourth-order valence-corrected chi connectivity index (χ4v) is 5.87. The van der Waals surface area contributed by atoms with Crippen molar-refractivity contribution in [3.05, 3.63) is 12.7 Å². The highest BCUT2D eigenvalue weighted by atomic mass is 31.3. The van der Waals surface area contributed by atoms with Gasteiger partial charge in [0.25, 0.3) is 0 Å². The highest BCUT2D eigenvalue weighted by molar-refractivity contribution is 7.66. The Morgan fingerprint density at radius 3 is 2.52 bits per heavy atom. The molecule has 6 N–H and O–H groups in total. The number of nitrogens with two attached hydrogens (primary N) is 1. The van der Waals surface area contributed by atoms with Gasteiger partial charge in [0.05, 0.1) is 19.0 Å². The van der Waals surface area contributed by atoms with Crippen molar-refractivity contribution < 1.29 is 55.9 Å². The van der Waals surface area contributed by atoms with Gasteiger partial charge in [-0.15, -0.1) is 0 Å². The summed E-state index contributed by atoms with van der Waals surface area (Å²) in [5, 5.41) is 0. The summed E-state index contributed by atoms with van der Waals surface area (Å²) < 4.78 is 58.4. The summed E-state index contributed by atoms with van der Waals surface area (Å²) in [6.07, 6.45) is 0.603. The molecule has 1 aliphatic rings. The largest absolute Gasteiger partial charge is 0.490 e. The maximum Gasteiger partial charge on any atom is 0.490 e. The molecule has 0 bridgehead atoms.